The van der Waals surface area contributed by atoms with E-state index in [0.29, 0.717) is 0 Å². The Morgan fingerprint density at radius 2 is 1.16 bits per heavy atom. The second-order valence-corrected chi connectivity index (χ2v) is 14.6. The molecule has 5 aromatic rings. The minimum Gasteiger partial charge on any atom is -0.295 e. The Balaban J connectivity index is 0.00000124. The Kier molecular flexibility index (Phi) is 14.0. The quantitative estimate of drug-likeness (QED) is 0.0551. The molecule has 58 heavy (non-hydrogen) atoms. The van der Waals surface area contributed by atoms with E-state index in [4.69, 9.17) is 4.99 Å². The standard InChI is InChI=1S/C52H46N2.C2H6.H2S2/c1-53-52(40-25-13-5-14-26-40)54(42-27-15-6-16-28-42)43-32-34-47-49(36-43)51(39-23-11-4-12-24-39)46-33-31-41(35-48(46)50(47)38-21-9-3-10-22-38)45-30-18-17-29-44(45)37-19-7-2-8-20-37;2*1-2/h2-3,7-11,13,15,18-28,30-36H,4-6,12,14,16-17,29H2,1H3;1-2H3;1-2H. The van der Waals surface area contributed by atoms with E-state index < -0.39 is 0 Å². The van der Waals surface area contributed by atoms with E-state index in [2.05, 4.69) is 192 Å². The molecule has 292 valence electrons. The molecule has 9 rings (SSSR count). The first-order valence-electron chi connectivity index (χ1n) is 20.9. The molecule has 0 unspecified atom stereocenters. The van der Waals surface area contributed by atoms with Gasteiger partial charge in [-0.3, -0.25) is 9.89 Å². The summed E-state index contributed by atoms with van der Waals surface area (Å²) in [5, 5.41) is 5.10. The summed E-state index contributed by atoms with van der Waals surface area (Å²) in [6, 6.07) is 36.3. The summed E-state index contributed by atoms with van der Waals surface area (Å²) in [5.41, 5.74) is 13.9. The molecule has 0 aliphatic heterocycles. The largest absolute Gasteiger partial charge is 0.295 e. The van der Waals surface area contributed by atoms with Crippen LogP contribution >= 0.6 is 23.3 Å². The summed E-state index contributed by atoms with van der Waals surface area (Å²) in [7, 11) is 1.93. The van der Waals surface area contributed by atoms with Crippen LogP contribution in [0.2, 0.25) is 0 Å². The zero-order valence-corrected chi connectivity index (χ0v) is 35.8. The van der Waals surface area contributed by atoms with Crippen LogP contribution in [0.1, 0.15) is 81.9 Å². The van der Waals surface area contributed by atoms with E-state index in [9.17, 15) is 0 Å². The molecule has 2 nitrogen and oxygen atoms in total. The molecule has 4 aliphatic rings. The molecule has 0 heterocycles. The Labute approximate surface area is 356 Å². The van der Waals surface area contributed by atoms with Crippen molar-refractivity contribution in [2.45, 2.75) is 65.2 Å². The first-order valence-corrected chi connectivity index (χ1v) is 22.5. The molecule has 0 bridgehead atoms. The van der Waals surface area contributed by atoms with Crippen LogP contribution in [0.3, 0.4) is 0 Å². The van der Waals surface area contributed by atoms with Crippen molar-refractivity contribution >= 4 is 73.1 Å². The van der Waals surface area contributed by atoms with E-state index in [1.165, 1.54) is 77.4 Å². The second-order valence-electron chi connectivity index (χ2n) is 14.6. The number of thiol groups is 2. The van der Waals surface area contributed by atoms with E-state index in [0.717, 1.165) is 62.9 Å². The third-order valence-electron chi connectivity index (χ3n) is 11.2. The number of rotatable bonds is 7. The zero-order chi connectivity index (χ0) is 40.3. The lowest BCUT2D eigenvalue weighted by molar-refractivity contribution is 0.998. The molecule has 0 saturated heterocycles. The molecule has 0 radical (unpaired) electrons. The minimum absolute atomic E-state index is 0.984. The van der Waals surface area contributed by atoms with Crippen molar-refractivity contribution < 1.29 is 0 Å². The highest BCUT2D eigenvalue weighted by molar-refractivity contribution is 8.59. The summed E-state index contributed by atoms with van der Waals surface area (Å²) >= 11 is 6.44. The van der Waals surface area contributed by atoms with Crippen LogP contribution in [0.4, 0.5) is 5.69 Å². The SMILES string of the molecule is CC.CN=C(C1=CCCC=C1)N(C1=CCCC=C1)c1ccc2c(-c3ccccc3)c3cc(C4=C(c5ccccc5)CCC=C4)ccc3c(C3=CCCC=C3)c2c1.SS. The van der Waals surface area contributed by atoms with Gasteiger partial charge in [0, 0.05) is 24.0 Å². The molecule has 0 spiro atoms. The predicted octanol–water partition coefficient (Wildman–Crippen LogP) is 15.8. The fraction of sp³-hybridized carbons (Fsp3) is 0.204. The highest BCUT2D eigenvalue weighted by Gasteiger charge is 2.24. The smallest absolute Gasteiger partial charge is 0.139 e. The fourth-order valence-corrected chi connectivity index (χ4v) is 8.72. The van der Waals surface area contributed by atoms with Gasteiger partial charge < -0.3 is 0 Å². The monoisotopic (exact) mass is 794 g/mol. The van der Waals surface area contributed by atoms with Gasteiger partial charge in [0.2, 0.25) is 0 Å². The van der Waals surface area contributed by atoms with Crippen LogP contribution in [0.25, 0.3) is 49.4 Å². The van der Waals surface area contributed by atoms with E-state index in [-0.39, 0.29) is 0 Å². The Bertz CT molecular complexity index is 2540. The number of hydrogen-bond donors (Lipinski definition) is 2. The topological polar surface area (TPSA) is 15.6 Å². The highest BCUT2D eigenvalue weighted by atomic mass is 33.1. The molecule has 5 aromatic carbocycles. The number of benzene rings is 5. The van der Waals surface area contributed by atoms with Gasteiger partial charge in [-0.05, 0) is 142 Å². The van der Waals surface area contributed by atoms with Crippen LogP contribution in [-0.4, -0.2) is 12.9 Å². The first-order chi connectivity index (χ1) is 28.8. The summed E-state index contributed by atoms with van der Waals surface area (Å²) in [6.45, 7) is 4.00. The van der Waals surface area contributed by atoms with Gasteiger partial charge in [0.25, 0.3) is 0 Å². The normalized spacial score (nSPS) is 16.2. The van der Waals surface area contributed by atoms with Gasteiger partial charge in [0.05, 0.1) is 0 Å². The van der Waals surface area contributed by atoms with Crippen LogP contribution in [-0.2, 0) is 0 Å². The Morgan fingerprint density at radius 1 is 0.534 bits per heavy atom. The lowest BCUT2D eigenvalue weighted by Gasteiger charge is -2.30. The van der Waals surface area contributed by atoms with Gasteiger partial charge in [-0.25, -0.2) is 0 Å². The van der Waals surface area contributed by atoms with E-state index in [1.807, 2.05) is 20.9 Å². The molecule has 0 fully saturated rings. The summed E-state index contributed by atoms with van der Waals surface area (Å²) < 4.78 is 0. The molecule has 0 N–H and O–H groups in total. The molecule has 4 aliphatic carbocycles. The number of allylic oxidation sites excluding steroid dienone is 13. The third kappa shape index (κ3) is 8.46. The molecular weight excluding hydrogens is 741 g/mol. The van der Waals surface area contributed by atoms with Crippen molar-refractivity contribution in [1.29, 1.82) is 0 Å². The van der Waals surface area contributed by atoms with Crippen LogP contribution in [0, 0.1) is 0 Å². The Morgan fingerprint density at radius 3 is 1.81 bits per heavy atom. The summed E-state index contributed by atoms with van der Waals surface area (Å²) in [4.78, 5) is 7.35. The van der Waals surface area contributed by atoms with E-state index in [1.54, 1.807) is 0 Å². The van der Waals surface area contributed by atoms with Crippen molar-refractivity contribution in [2.24, 2.45) is 4.99 Å². The molecule has 4 heteroatoms. The van der Waals surface area contributed by atoms with Gasteiger partial charge in [0.15, 0.2) is 0 Å². The number of fused-ring (bicyclic) bond motifs is 2. The fourth-order valence-electron chi connectivity index (χ4n) is 8.72. The van der Waals surface area contributed by atoms with Crippen molar-refractivity contribution in [3.63, 3.8) is 0 Å². The molecule has 0 saturated carbocycles. The zero-order valence-electron chi connectivity index (χ0n) is 34.0. The van der Waals surface area contributed by atoms with Gasteiger partial charge in [-0.2, -0.15) is 0 Å². The predicted molar refractivity (Wildman–Crippen MR) is 263 cm³/mol. The van der Waals surface area contributed by atoms with Crippen LogP contribution in [0.15, 0.2) is 180 Å². The average Bonchev–Trinajstić information content (AvgIpc) is 3.32. The van der Waals surface area contributed by atoms with Gasteiger partial charge in [0.1, 0.15) is 5.84 Å². The lowest BCUT2D eigenvalue weighted by Crippen LogP contribution is -2.31. The third-order valence-corrected chi connectivity index (χ3v) is 11.2. The number of nitrogens with zero attached hydrogens (tertiary/aromatic N) is 2. The number of anilines is 1. The van der Waals surface area contributed by atoms with Crippen molar-refractivity contribution in [3.8, 4) is 11.1 Å². The van der Waals surface area contributed by atoms with Crippen LogP contribution in [0.5, 0.6) is 0 Å². The van der Waals surface area contributed by atoms with Crippen molar-refractivity contribution in [1.82, 2.24) is 0 Å². The summed E-state index contributed by atoms with van der Waals surface area (Å²) in [6.07, 6.45) is 34.0. The van der Waals surface area contributed by atoms with Crippen LogP contribution < -0.4 is 4.90 Å². The molecule has 0 aromatic heterocycles. The highest BCUT2D eigenvalue weighted by Crippen LogP contribution is 2.46. The van der Waals surface area contributed by atoms with E-state index >= 15 is 0 Å². The minimum atomic E-state index is 0.984. The first kappa shape index (κ1) is 40.9. The van der Waals surface area contributed by atoms with Gasteiger partial charge in [-0.1, -0.05) is 153 Å². The molecule has 0 amide bonds. The lowest BCUT2D eigenvalue weighted by atomic mass is 9.82. The number of amidine groups is 1. The summed E-state index contributed by atoms with van der Waals surface area (Å²) in [5.74, 6) is 0.984. The maximum atomic E-state index is 4.97. The van der Waals surface area contributed by atoms with Crippen molar-refractivity contribution in [2.75, 3.05) is 11.9 Å². The second kappa shape index (κ2) is 19.9. The van der Waals surface area contributed by atoms with Gasteiger partial charge >= 0.3 is 0 Å². The van der Waals surface area contributed by atoms with Crippen molar-refractivity contribution in [3.05, 3.63) is 192 Å². The molecule has 0 atom stereocenters. The number of aliphatic imine (C=N–C) groups is 1. The Hall–Kier alpha value is -5.29. The number of hydrogen-bond acceptors (Lipinski definition) is 3. The average molecular weight is 795 g/mol. The molecular formula is C54H54N2S2. The maximum absolute atomic E-state index is 4.97. The van der Waals surface area contributed by atoms with Gasteiger partial charge in [-0.15, -0.1) is 23.3 Å². The maximum Gasteiger partial charge on any atom is 0.139 e.